The summed E-state index contributed by atoms with van der Waals surface area (Å²) in [6, 6.07) is 17.5. The van der Waals surface area contributed by atoms with E-state index in [1.54, 1.807) is 0 Å². The maximum absolute atomic E-state index is 12.4. The van der Waals surface area contributed by atoms with Gasteiger partial charge in [-0.2, -0.15) is 0 Å². The van der Waals surface area contributed by atoms with Crippen molar-refractivity contribution in [1.29, 1.82) is 0 Å². The van der Waals surface area contributed by atoms with E-state index in [0.717, 1.165) is 11.4 Å². The van der Waals surface area contributed by atoms with Crippen molar-refractivity contribution in [2.24, 2.45) is 0 Å². The van der Waals surface area contributed by atoms with E-state index < -0.39 is 6.29 Å². The maximum atomic E-state index is 12.4. The summed E-state index contributed by atoms with van der Waals surface area (Å²) in [7, 11) is 2.00. The highest BCUT2D eigenvalue weighted by atomic mass is 16.7. The molecule has 2 rings (SSSR count). The molecule has 0 aliphatic carbocycles. The summed E-state index contributed by atoms with van der Waals surface area (Å²) in [5.41, 5.74) is 2.69. The Balaban J connectivity index is 2.14. The zero-order valence-electron chi connectivity index (χ0n) is 13.9. The fourth-order valence-electron chi connectivity index (χ4n) is 2.29. The lowest BCUT2D eigenvalue weighted by molar-refractivity contribution is -0.107. The number of Topliss-reactive ketones (excluding diaryl/α,β-unsaturated/α-hetero) is 1. The molecule has 0 spiro atoms. The molecule has 2 aromatic carbocycles. The van der Waals surface area contributed by atoms with Gasteiger partial charge in [-0.3, -0.25) is 4.79 Å². The quantitative estimate of drug-likeness (QED) is 0.545. The normalized spacial score (nSPS) is 10.8. The summed E-state index contributed by atoms with van der Waals surface area (Å²) in [5.74, 6) is -0.150. The van der Waals surface area contributed by atoms with Gasteiger partial charge in [0.05, 0.1) is 0 Å². The molecule has 0 N–H and O–H groups in total. The SMILES string of the molecule is CCOC(OCC)C(=O)c1ccc(N(C)c2ccccc2)cc1. The number of ether oxygens (including phenoxy) is 2. The van der Waals surface area contributed by atoms with Crippen LogP contribution in [-0.4, -0.2) is 32.3 Å². The lowest BCUT2D eigenvalue weighted by Crippen LogP contribution is -2.27. The first kappa shape index (κ1) is 17.2. The van der Waals surface area contributed by atoms with Gasteiger partial charge in [-0.1, -0.05) is 18.2 Å². The number of hydrogen-bond acceptors (Lipinski definition) is 4. The highest BCUT2D eigenvalue weighted by Gasteiger charge is 2.20. The number of benzene rings is 2. The molecule has 0 radical (unpaired) electrons. The van der Waals surface area contributed by atoms with Gasteiger partial charge < -0.3 is 14.4 Å². The van der Waals surface area contributed by atoms with Crippen LogP contribution in [0.1, 0.15) is 24.2 Å². The van der Waals surface area contributed by atoms with Crippen molar-refractivity contribution in [2.45, 2.75) is 20.1 Å². The number of rotatable bonds is 8. The van der Waals surface area contributed by atoms with Gasteiger partial charge >= 0.3 is 0 Å². The van der Waals surface area contributed by atoms with E-state index in [-0.39, 0.29) is 5.78 Å². The van der Waals surface area contributed by atoms with Crippen molar-refractivity contribution in [3.63, 3.8) is 0 Å². The largest absolute Gasteiger partial charge is 0.346 e. The number of nitrogens with zero attached hydrogens (tertiary/aromatic N) is 1. The Kier molecular flexibility index (Phi) is 6.32. The minimum absolute atomic E-state index is 0.150. The van der Waals surface area contributed by atoms with Crippen LogP contribution in [0, 0.1) is 0 Å². The van der Waals surface area contributed by atoms with Gasteiger partial charge in [-0.05, 0) is 50.2 Å². The predicted octanol–water partition coefficient (Wildman–Crippen LogP) is 4.04. The number of anilines is 2. The van der Waals surface area contributed by atoms with Crippen molar-refractivity contribution < 1.29 is 14.3 Å². The van der Waals surface area contributed by atoms with Gasteiger partial charge in [0.15, 0.2) is 0 Å². The van der Waals surface area contributed by atoms with Gasteiger partial charge in [0.2, 0.25) is 12.1 Å². The molecule has 0 unspecified atom stereocenters. The van der Waals surface area contributed by atoms with Crippen molar-refractivity contribution in [1.82, 2.24) is 0 Å². The Morgan fingerprint density at radius 1 is 0.913 bits per heavy atom. The van der Waals surface area contributed by atoms with Gasteiger partial charge in [0.1, 0.15) is 0 Å². The first-order chi connectivity index (χ1) is 11.2. The smallest absolute Gasteiger partial charge is 0.222 e. The molecular formula is C19H23NO3. The third-order valence-electron chi connectivity index (χ3n) is 3.53. The minimum Gasteiger partial charge on any atom is -0.346 e. The van der Waals surface area contributed by atoms with Crippen LogP contribution in [0.5, 0.6) is 0 Å². The molecule has 23 heavy (non-hydrogen) atoms. The van der Waals surface area contributed by atoms with Gasteiger partial charge in [0.25, 0.3) is 0 Å². The van der Waals surface area contributed by atoms with E-state index >= 15 is 0 Å². The first-order valence-corrected chi connectivity index (χ1v) is 7.83. The molecule has 4 heteroatoms. The highest BCUT2D eigenvalue weighted by molar-refractivity contribution is 5.99. The Bertz CT molecular complexity index is 604. The van der Waals surface area contributed by atoms with Crippen molar-refractivity contribution >= 4 is 17.2 Å². The molecule has 0 aliphatic heterocycles. The first-order valence-electron chi connectivity index (χ1n) is 7.83. The molecule has 0 aliphatic rings. The van der Waals surface area contributed by atoms with Crippen LogP contribution in [0.15, 0.2) is 54.6 Å². The Labute approximate surface area is 137 Å². The average molecular weight is 313 g/mol. The zero-order valence-corrected chi connectivity index (χ0v) is 13.9. The van der Waals surface area contributed by atoms with E-state index in [0.29, 0.717) is 18.8 Å². The second-order valence-corrected chi connectivity index (χ2v) is 5.05. The van der Waals surface area contributed by atoms with Crippen LogP contribution in [0.25, 0.3) is 0 Å². The summed E-state index contributed by atoms with van der Waals surface area (Å²) < 4.78 is 10.7. The summed E-state index contributed by atoms with van der Waals surface area (Å²) in [6.45, 7) is 4.56. The zero-order chi connectivity index (χ0) is 16.7. The van der Waals surface area contributed by atoms with Crippen molar-refractivity contribution in [3.05, 3.63) is 60.2 Å². The third kappa shape index (κ3) is 4.41. The molecule has 2 aromatic rings. The van der Waals surface area contributed by atoms with Crippen LogP contribution in [0.3, 0.4) is 0 Å². The van der Waals surface area contributed by atoms with E-state index in [1.165, 1.54) is 0 Å². The summed E-state index contributed by atoms with van der Waals surface area (Å²) in [6.07, 6.45) is -0.831. The van der Waals surface area contributed by atoms with Crippen molar-refractivity contribution in [2.75, 3.05) is 25.2 Å². The topological polar surface area (TPSA) is 38.8 Å². The molecule has 0 amide bonds. The summed E-state index contributed by atoms with van der Waals surface area (Å²) in [5, 5.41) is 0. The number of para-hydroxylation sites is 1. The highest BCUT2D eigenvalue weighted by Crippen LogP contribution is 2.23. The standard InChI is InChI=1S/C19H23NO3/c1-4-22-19(23-5-2)18(21)15-11-13-17(14-12-15)20(3)16-9-7-6-8-10-16/h6-14,19H,4-5H2,1-3H3. The second-order valence-electron chi connectivity index (χ2n) is 5.05. The van der Waals surface area contributed by atoms with Crippen LogP contribution in [0.4, 0.5) is 11.4 Å². The molecule has 0 atom stereocenters. The number of carbonyl (C=O) groups excluding carboxylic acids is 1. The monoisotopic (exact) mass is 313 g/mol. The van der Waals surface area contributed by atoms with Gasteiger partial charge in [-0.25, -0.2) is 0 Å². The molecule has 0 heterocycles. The van der Waals surface area contributed by atoms with Crippen molar-refractivity contribution in [3.8, 4) is 0 Å². The minimum atomic E-state index is -0.831. The van der Waals surface area contributed by atoms with Crippen LogP contribution in [-0.2, 0) is 9.47 Å². The van der Waals surface area contributed by atoms with Gasteiger partial charge in [0, 0.05) is 37.2 Å². The van der Waals surface area contributed by atoms with E-state index in [2.05, 4.69) is 4.90 Å². The summed E-state index contributed by atoms with van der Waals surface area (Å²) >= 11 is 0. The molecule has 0 bridgehead atoms. The maximum Gasteiger partial charge on any atom is 0.222 e. The lowest BCUT2D eigenvalue weighted by atomic mass is 10.1. The van der Waals surface area contributed by atoms with Crippen LogP contribution >= 0.6 is 0 Å². The Morgan fingerprint density at radius 2 is 1.43 bits per heavy atom. The average Bonchev–Trinajstić information content (AvgIpc) is 2.61. The predicted molar refractivity (Wildman–Crippen MR) is 92.3 cm³/mol. The number of ketones is 1. The molecule has 4 nitrogen and oxygen atoms in total. The van der Waals surface area contributed by atoms with Gasteiger partial charge in [-0.15, -0.1) is 0 Å². The lowest BCUT2D eigenvalue weighted by Gasteiger charge is -2.20. The third-order valence-corrected chi connectivity index (χ3v) is 3.53. The van der Waals surface area contributed by atoms with E-state index in [4.69, 9.17) is 9.47 Å². The Hall–Kier alpha value is -2.17. The van der Waals surface area contributed by atoms with E-state index in [1.807, 2.05) is 75.5 Å². The number of hydrogen-bond donors (Lipinski definition) is 0. The number of carbonyl (C=O) groups is 1. The Morgan fingerprint density at radius 3 is 1.96 bits per heavy atom. The van der Waals surface area contributed by atoms with E-state index in [9.17, 15) is 4.79 Å². The molecule has 122 valence electrons. The molecule has 0 fully saturated rings. The molecule has 0 saturated carbocycles. The fraction of sp³-hybridized carbons (Fsp3) is 0.316. The molecule has 0 aromatic heterocycles. The fourth-order valence-corrected chi connectivity index (χ4v) is 2.29. The molecular weight excluding hydrogens is 290 g/mol. The molecule has 0 saturated heterocycles. The second kappa shape index (κ2) is 8.46. The van der Waals surface area contributed by atoms with Crippen LogP contribution < -0.4 is 4.90 Å². The van der Waals surface area contributed by atoms with Crippen LogP contribution in [0.2, 0.25) is 0 Å². The summed E-state index contributed by atoms with van der Waals surface area (Å²) in [4.78, 5) is 14.5.